The van der Waals surface area contributed by atoms with E-state index in [-0.39, 0.29) is 16.0 Å². The Labute approximate surface area is 119 Å². The minimum Gasteiger partial charge on any atom is -0.399 e. The summed E-state index contributed by atoms with van der Waals surface area (Å²) in [6, 6.07) is 4.52. The molecule has 4 nitrogen and oxygen atoms in total. The number of rotatable bonds is 2. The van der Waals surface area contributed by atoms with Gasteiger partial charge in [-0.3, -0.25) is 0 Å². The van der Waals surface area contributed by atoms with Crippen LogP contribution in [0.4, 0.5) is 5.69 Å². The number of benzene rings is 1. The second-order valence-electron chi connectivity index (χ2n) is 5.17. The molecule has 1 aliphatic heterocycles. The average Bonchev–Trinajstić information content (AvgIpc) is 2.31. The summed E-state index contributed by atoms with van der Waals surface area (Å²) in [5, 5.41) is 0.186. The molecule has 0 aromatic heterocycles. The van der Waals surface area contributed by atoms with E-state index in [1.807, 2.05) is 6.92 Å². The fourth-order valence-corrected chi connectivity index (χ4v) is 4.78. The van der Waals surface area contributed by atoms with E-state index in [2.05, 4.69) is 6.92 Å². The molecule has 1 aliphatic rings. The smallest absolute Gasteiger partial charge is 0.244 e. The van der Waals surface area contributed by atoms with Crippen LogP contribution in [0.5, 0.6) is 0 Å². The maximum Gasteiger partial charge on any atom is 0.244 e. The number of halogens is 1. The highest BCUT2D eigenvalue weighted by Crippen LogP contribution is 2.32. The van der Waals surface area contributed by atoms with Gasteiger partial charge in [-0.15, -0.1) is 0 Å². The first kappa shape index (κ1) is 14.6. The molecule has 1 heterocycles. The van der Waals surface area contributed by atoms with E-state index in [9.17, 15) is 8.42 Å². The van der Waals surface area contributed by atoms with Crippen molar-refractivity contribution in [3.63, 3.8) is 0 Å². The maximum atomic E-state index is 12.7. The number of nitrogens with two attached hydrogens (primary N) is 1. The first-order valence-electron chi connectivity index (χ1n) is 6.41. The Morgan fingerprint density at radius 3 is 2.68 bits per heavy atom. The van der Waals surface area contributed by atoms with Crippen molar-refractivity contribution in [3.8, 4) is 0 Å². The summed E-state index contributed by atoms with van der Waals surface area (Å²) in [5.41, 5.74) is 6.07. The third kappa shape index (κ3) is 2.73. The summed E-state index contributed by atoms with van der Waals surface area (Å²) in [6.07, 6.45) is 1.94. The van der Waals surface area contributed by atoms with Gasteiger partial charge in [0.1, 0.15) is 4.90 Å². The molecular weight excluding hydrogens is 284 g/mol. The van der Waals surface area contributed by atoms with Crippen molar-refractivity contribution < 1.29 is 8.42 Å². The van der Waals surface area contributed by atoms with Gasteiger partial charge in [0.25, 0.3) is 0 Å². The van der Waals surface area contributed by atoms with Gasteiger partial charge in [0, 0.05) is 18.3 Å². The van der Waals surface area contributed by atoms with Gasteiger partial charge in [-0.2, -0.15) is 4.31 Å². The molecule has 2 N–H and O–H groups in total. The molecule has 1 saturated heterocycles. The number of nitrogens with zero attached hydrogens (tertiary/aromatic N) is 1. The lowest BCUT2D eigenvalue weighted by Crippen LogP contribution is -2.45. The second kappa shape index (κ2) is 5.31. The van der Waals surface area contributed by atoms with Crippen molar-refractivity contribution in [2.24, 2.45) is 5.92 Å². The van der Waals surface area contributed by atoms with Crippen LogP contribution in [0.3, 0.4) is 0 Å². The predicted octanol–water partition coefficient (Wildman–Crippen LogP) is 2.73. The molecule has 2 rings (SSSR count). The Kier molecular flexibility index (Phi) is 4.08. The zero-order valence-corrected chi connectivity index (χ0v) is 12.7. The van der Waals surface area contributed by atoms with Gasteiger partial charge in [0.15, 0.2) is 0 Å². The van der Waals surface area contributed by atoms with Crippen LogP contribution >= 0.6 is 11.6 Å². The lowest BCUT2D eigenvalue weighted by atomic mass is 9.94. The molecule has 106 valence electrons. The largest absolute Gasteiger partial charge is 0.399 e. The van der Waals surface area contributed by atoms with Crippen LogP contribution in [0.25, 0.3) is 0 Å². The van der Waals surface area contributed by atoms with Crippen molar-refractivity contribution >= 4 is 27.3 Å². The van der Waals surface area contributed by atoms with Gasteiger partial charge < -0.3 is 5.73 Å². The Bertz CT molecular complexity index is 574. The second-order valence-corrected chi connectivity index (χ2v) is 7.43. The van der Waals surface area contributed by atoms with E-state index in [0.717, 1.165) is 12.8 Å². The normalized spacial score (nSPS) is 25.4. The quantitative estimate of drug-likeness (QED) is 0.854. The average molecular weight is 303 g/mol. The first-order valence-corrected chi connectivity index (χ1v) is 8.22. The zero-order chi connectivity index (χ0) is 14.2. The SMILES string of the molecule is CC1CCCN(S(=O)(=O)c2ccc(N)cc2Cl)C1C. The van der Waals surface area contributed by atoms with Gasteiger partial charge in [-0.25, -0.2) is 8.42 Å². The van der Waals surface area contributed by atoms with Crippen molar-refractivity contribution in [2.45, 2.75) is 37.6 Å². The highest BCUT2D eigenvalue weighted by atomic mass is 35.5. The minimum atomic E-state index is -3.55. The maximum absolute atomic E-state index is 12.7. The number of anilines is 1. The molecule has 0 bridgehead atoms. The lowest BCUT2D eigenvalue weighted by Gasteiger charge is -2.36. The third-order valence-electron chi connectivity index (χ3n) is 3.86. The summed E-state index contributed by atoms with van der Waals surface area (Å²) in [6.45, 7) is 4.58. The van der Waals surface area contributed by atoms with E-state index in [1.54, 1.807) is 10.4 Å². The number of piperidine rings is 1. The summed E-state index contributed by atoms with van der Waals surface area (Å²) in [4.78, 5) is 0.143. The van der Waals surface area contributed by atoms with E-state index in [1.165, 1.54) is 12.1 Å². The standard InChI is InChI=1S/C13H19ClN2O2S/c1-9-4-3-7-16(10(9)2)19(17,18)13-6-5-11(15)8-12(13)14/h5-6,8-10H,3-4,7,15H2,1-2H3. The van der Waals surface area contributed by atoms with Crippen molar-refractivity contribution in [1.29, 1.82) is 0 Å². The molecule has 0 spiro atoms. The van der Waals surface area contributed by atoms with E-state index in [4.69, 9.17) is 17.3 Å². The topological polar surface area (TPSA) is 63.4 Å². The highest BCUT2D eigenvalue weighted by molar-refractivity contribution is 7.89. The Morgan fingerprint density at radius 2 is 2.05 bits per heavy atom. The van der Waals surface area contributed by atoms with Crippen LogP contribution in [0.15, 0.2) is 23.1 Å². The number of hydrogen-bond acceptors (Lipinski definition) is 3. The number of nitrogen functional groups attached to an aromatic ring is 1. The van der Waals surface area contributed by atoms with Gasteiger partial charge >= 0.3 is 0 Å². The fourth-order valence-electron chi connectivity index (χ4n) is 2.49. The molecule has 0 radical (unpaired) electrons. The molecule has 2 atom stereocenters. The minimum absolute atomic E-state index is 0.00707. The van der Waals surface area contributed by atoms with Gasteiger partial charge in [0.2, 0.25) is 10.0 Å². The summed E-state index contributed by atoms with van der Waals surface area (Å²) >= 11 is 6.03. The number of sulfonamides is 1. The summed E-state index contributed by atoms with van der Waals surface area (Å²) < 4.78 is 26.9. The molecule has 6 heteroatoms. The third-order valence-corrected chi connectivity index (χ3v) is 6.33. The Balaban J connectivity index is 2.41. The van der Waals surface area contributed by atoms with E-state index < -0.39 is 10.0 Å². The molecule has 1 fully saturated rings. The van der Waals surface area contributed by atoms with Crippen molar-refractivity contribution in [2.75, 3.05) is 12.3 Å². The Morgan fingerprint density at radius 1 is 1.37 bits per heavy atom. The van der Waals surface area contributed by atoms with Gasteiger partial charge in [-0.05, 0) is 43.9 Å². The van der Waals surface area contributed by atoms with Crippen molar-refractivity contribution in [1.82, 2.24) is 4.31 Å². The van der Waals surface area contributed by atoms with E-state index >= 15 is 0 Å². The van der Waals surface area contributed by atoms with Crippen molar-refractivity contribution in [3.05, 3.63) is 23.2 Å². The molecule has 0 aliphatic carbocycles. The lowest BCUT2D eigenvalue weighted by molar-refractivity contribution is 0.202. The fraction of sp³-hybridized carbons (Fsp3) is 0.538. The molecular formula is C13H19ClN2O2S. The highest BCUT2D eigenvalue weighted by Gasteiger charge is 2.35. The van der Waals surface area contributed by atoms with Gasteiger partial charge in [-0.1, -0.05) is 18.5 Å². The zero-order valence-electron chi connectivity index (χ0n) is 11.1. The van der Waals surface area contributed by atoms with Crippen LogP contribution < -0.4 is 5.73 Å². The molecule has 1 aromatic carbocycles. The Hall–Kier alpha value is -0.780. The molecule has 0 amide bonds. The van der Waals surface area contributed by atoms with Crippen LogP contribution in [0.1, 0.15) is 26.7 Å². The predicted molar refractivity (Wildman–Crippen MR) is 77.6 cm³/mol. The van der Waals surface area contributed by atoms with E-state index in [0.29, 0.717) is 18.2 Å². The summed E-state index contributed by atoms with van der Waals surface area (Å²) in [5.74, 6) is 0.357. The van der Waals surface area contributed by atoms with Crippen LogP contribution in [-0.2, 0) is 10.0 Å². The van der Waals surface area contributed by atoms with Crippen LogP contribution in [0, 0.1) is 5.92 Å². The first-order chi connectivity index (χ1) is 8.84. The number of hydrogen-bond donors (Lipinski definition) is 1. The molecule has 19 heavy (non-hydrogen) atoms. The molecule has 2 unspecified atom stereocenters. The molecule has 1 aromatic rings. The van der Waals surface area contributed by atoms with Gasteiger partial charge in [0.05, 0.1) is 5.02 Å². The monoisotopic (exact) mass is 302 g/mol. The summed E-state index contributed by atoms with van der Waals surface area (Å²) in [7, 11) is -3.55. The molecule has 0 saturated carbocycles. The van der Waals surface area contributed by atoms with Crippen LogP contribution in [0.2, 0.25) is 5.02 Å². The van der Waals surface area contributed by atoms with Crippen LogP contribution in [-0.4, -0.2) is 25.3 Å².